The monoisotopic (exact) mass is 542 g/mol. The van der Waals surface area contributed by atoms with Gasteiger partial charge < -0.3 is 26.2 Å². The minimum Gasteiger partial charge on any atom is -0.369 e. The summed E-state index contributed by atoms with van der Waals surface area (Å²) in [6.45, 7) is 8.20. The van der Waals surface area contributed by atoms with Crippen molar-refractivity contribution in [3.63, 3.8) is 0 Å². The minimum atomic E-state index is -0.137. The van der Waals surface area contributed by atoms with Gasteiger partial charge in [0, 0.05) is 44.3 Å². The molecule has 1 aromatic rings. The fourth-order valence-electron chi connectivity index (χ4n) is 4.36. The molecular weight excluding hydrogens is 503 g/mol. The molecule has 1 amide bonds. The second kappa shape index (κ2) is 13.1. The van der Waals surface area contributed by atoms with Crippen molar-refractivity contribution in [2.24, 2.45) is 16.6 Å². The number of carbonyl (C=O) groups is 1. The van der Waals surface area contributed by atoms with Crippen LogP contribution < -0.4 is 21.3 Å². The lowest BCUT2D eigenvalue weighted by Crippen LogP contribution is -2.45. The summed E-state index contributed by atoms with van der Waals surface area (Å²) in [4.78, 5) is 20.5. The largest absolute Gasteiger partial charge is 0.369 e. The summed E-state index contributed by atoms with van der Waals surface area (Å²) in [5.74, 6) is 0.838. The summed E-state index contributed by atoms with van der Waals surface area (Å²) in [7, 11) is 1.84. The molecule has 3 rings (SSSR count). The summed E-state index contributed by atoms with van der Waals surface area (Å²) in [5.41, 5.74) is 8.01. The molecule has 2 aliphatic rings. The van der Waals surface area contributed by atoms with Gasteiger partial charge in [-0.2, -0.15) is 0 Å². The highest BCUT2D eigenvalue weighted by atomic mass is 127. The quantitative estimate of drug-likeness (QED) is 0.203. The molecule has 2 fully saturated rings. The number of aliphatic imine (C=N–C) groups is 1. The molecule has 1 aromatic carbocycles. The number of hydrogen-bond donors (Lipinski definition) is 3. The van der Waals surface area contributed by atoms with Crippen LogP contribution in [0.5, 0.6) is 0 Å². The Hall–Kier alpha value is -1.55. The molecule has 174 valence electrons. The molecule has 2 saturated heterocycles. The van der Waals surface area contributed by atoms with Crippen LogP contribution >= 0.6 is 24.0 Å². The molecule has 7 nitrogen and oxygen atoms in total. The van der Waals surface area contributed by atoms with Crippen molar-refractivity contribution in [1.29, 1.82) is 0 Å². The maximum absolute atomic E-state index is 11.3. The number of anilines is 1. The van der Waals surface area contributed by atoms with Crippen molar-refractivity contribution < 1.29 is 4.79 Å². The van der Waals surface area contributed by atoms with Gasteiger partial charge in [-0.05, 0) is 70.8 Å². The van der Waals surface area contributed by atoms with Crippen molar-refractivity contribution in [1.82, 2.24) is 15.5 Å². The fourth-order valence-corrected chi connectivity index (χ4v) is 4.36. The average Bonchev–Trinajstić information content (AvgIpc) is 3.22. The molecule has 4 N–H and O–H groups in total. The first-order chi connectivity index (χ1) is 14.5. The van der Waals surface area contributed by atoms with Crippen molar-refractivity contribution >= 4 is 41.5 Å². The van der Waals surface area contributed by atoms with E-state index in [1.807, 2.05) is 7.05 Å². The molecule has 0 radical (unpaired) electrons. The Balaban J connectivity index is 0.00000341. The van der Waals surface area contributed by atoms with Gasteiger partial charge in [0.2, 0.25) is 5.91 Å². The third-order valence-electron chi connectivity index (χ3n) is 6.34. The zero-order valence-corrected chi connectivity index (χ0v) is 21.3. The minimum absolute atomic E-state index is 0. The molecule has 0 spiro atoms. The number of primary amides is 1. The summed E-state index contributed by atoms with van der Waals surface area (Å²) < 4.78 is 0. The molecule has 1 unspecified atom stereocenters. The smallest absolute Gasteiger partial charge is 0.220 e. The topological polar surface area (TPSA) is 86.0 Å². The lowest BCUT2D eigenvalue weighted by molar-refractivity contribution is -0.123. The maximum atomic E-state index is 11.3. The molecule has 8 heteroatoms. The van der Waals surface area contributed by atoms with Gasteiger partial charge in [-0.3, -0.25) is 9.79 Å². The first-order valence-corrected chi connectivity index (χ1v) is 11.4. The van der Waals surface area contributed by atoms with Gasteiger partial charge in [-0.25, -0.2) is 0 Å². The van der Waals surface area contributed by atoms with Gasteiger partial charge in [0.1, 0.15) is 0 Å². The third kappa shape index (κ3) is 8.14. The van der Waals surface area contributed by atoms with Crippen LogP contribution in [-0.4, -0.2) is 69.1 Å². The van der Waals surface area contributed by atoms with E-state index in [0.29, 0.717) is 6.04 Å². The van der Waals surface area contributed by atoms with E-state index in [4.69, 9.17) is 5.73 Å². The zero-order valence-electron chi connectivity index (χ0n) is 19.0. The van der Waals surface area contributed by atoms with Crippen LogP contribution in [-0.2, 0) is 4.79 Å². The molecule has 0 aromatic heterocycles. The Morgan fingerprint density at radius 2 is 1.84 bits per heavy atom. The summed E-state index contributed by atoms with van der Waals surface area (Å²) in [6.07, 6.45) is 5.19. The van der Waals surface area contributed by atoms with E-state index in [2.05, 4.69) is 56.6 Å². The van der Waals surface area contributed by atoms with E-state index in [9.17, 15) is 4.79 Å². The van der Waals surface area contributed by atoms with E-state index < -0.39 is 0 Å². The van der Waals surface area contributed by atoms with E-state index >= 15 is 0 Å². The molecule has 2 heterocycles. The molecule has 0 saturated carbocycles. The number of nitrogens with one attached hydrogen (secondary N) is 2. The lowest BCUT2D eigenvalue weighted by atomic mass is 9.96. The summed E-state index contributed by atoms with van der Waals surface area (Å²) >= 11 is 0. The number of benzene rings is 1. The first kappa shape index (κ1) is 25.7. The van der Waals surface area contributed by atoms with Crippen molar-refractivity contribution in [3.8, 4) is 0 Å². The van der Waals surface area contributed by atoms with Crippen LogP contribution in [0.2, 0.25) is 0 Å². The highest BCUT2D eigenvalue weighted by molar-refractivity contribution is 14.0. The lowest BCUT2D eigenvalue weighted by Gasteiger charge is -2.30. The van der Waals surface area contributed by atoms with Crippen LogP contribution in [0.25, 0.3) is 0 Å². The molecular formula is C23H39IN6O. The Labute approximate surface area is 204 Å². The number of amides is 1. The van der Waals surface area contributed by atoms with E-state index in [1.165, 1.54) is 11.3 Å². The summed E-state index contributed by atoms with van der Waals surface area (Å²) in [6, 6.07) is 9.19. The number of nitrogens with zero attached hydrogens (tertiary/aromatic N) is 3. The van der Waals surface area contributed by atoms with Crippen LogP contribution in [0.4, 0.5) is 5.69 Å². The Morgan fingerprint density at radius 1 is 1.13 bits per heavy atom. The van der Waals surface area contributed by atoms with Gasteiger partial charge in [0.05, 0.1) is 0 Å². The summed E-state index contributed by atoms with van der Waals surface area (Å²) in [5, 5.41) is 7.03. The average molecular weight is 543 g/mol. The number of piperidine rings is 1. The second-order valence-electron chi connectivity index (χ2n) is 8.64. The van der Waals surface area contributed by atoms with Crippen LogP contribution in [0, 0.1) is 12.8 Å². The Morgan fingerprint density at radius 3 is 2.48 bits per heavy atom. The Bertz CT molecular complexity index is 703. The number of guanidine groups is 1. The second-order valence-corrected chi connectivity index (χ2v) is 8.64. The number of nitrogens with two attached hydrogens (primary N) is 1. The van der Waals surface area contributed by atoms with E-state index in [-0.39, 0.29) is 35.8 Å². The Kier molecular flexibility index (Phi) is 10.9. The van der Waals surface area contributed by atoms with E-state index in [0.717, 1.165) is 77.3 Å². The number of aryl methyl sites for hydroxylation is 1. The van der Waals surface area contributed by atoms with Gasteiger partial charge in [0.25, 0.3) is 0 Å². The number of hydrogen-bond acceptors (Lipinski definition) is 4. The molecule has 0 bridgehead atoms. The maximum Gasteiger partial charge on any atom is 0.220 e. The van der Waals surface area contributed by atoms with Crippen molar-refractivity contribution in [2.45, 2.75) is 45.1 Å². The number of halogens is 1. The van der Waals surface area contributed by atoms with Gasteiger partial charge in [0.15, 0.2) is 5.96 Å². The standard InChI is InChI=1S/C23H38N6O.HI/c1-18-5-7-21(8-6-18)29-16-11-20(17-29)27-23(25-2)26-12-3-4-13-28-14-9-19(10-15-28)22(24)30;/h5-8,19-20H,3-4,9-17H2,1-2H3,(H2,24,30)(H2,25,26,27);1H. The highest BCUT2D eigenvalue weighted by Crippen LogP contribution is 2.20. The molecule has 1 atom stereocenters. The SMILES string of the molecule is CN=C(NCCCCN1CCC(C(N)=O)CC1)NC1CCN(c2ccc(C)cc2)C1.I. The van der Waals surface area contributed by atoms with Gasteiger partial charge >= 0.3 is 0 Å². The zero-order chi connectivity index (χ0) is 21.3. The number of likely N-dealkylation sites (tertiary alicyclic amines) is 1. The third-order valence-corrected chi connectivity index (χ3v) is 6.34. The van der Waals surface area contributed by atoms with Gasteiger partial charge in [-0.15, -0.1) is 24.0 Å². The molecule has 31 heavy (non-hydrogen) atoms. The normalized spacial score (nSPS) is 20.4. The van der Waals surface area contributed by atoms with Gasteiger partial charge in [-0.1, -0.05) is 17.7 Å². The first-order valence-electron chi connectivity index (χ1n) is 11.4. The van der Waals surface area contributed by atoms with Crippen molar-refractivity contribution in [3.05, 3.63) is 29.8 Å². The highest BCUT2D eigenvalue weighted by Gasteiger charge is 2.24. The molecule has 0 aliphatic carbocycles. The van der Waals surface area contributed by atoms with Crippen LogP contribution in [0.1, 0.15) is 37.7 Å². The molecule has 2 aliphatic heterocycles. The predicted octanol–water partition coefficient (Wildman–Crippen LogP) is 2.33. The van der Waals surface area contributed by atoms with E-state index in [1.54, 1.807) is 0 Å². The fraction of sp³-hybridized carbons (Fsp3) is 0.652. The number of rotatable bonds is 8. The number of unbranched alkanes of at least 4 members (excludes halogenated alkanes) is 1. The van der Waals surface area contributed by atoms with Crippen LogP contribution in [0.15, 0.2) is 29.3 Å². The van der Waals surface area contributed by atoms with Crippen molar-refractivity contribution in [2.75, 3.05) is 51.2 Å². The predicted molar refractivity (Wildman–Crippen MR) is 139 cm³/mol. The van der Waals surface area contributed by atoms with Crippen LogP contribution in [0.3, 0.4) is 0 Å². The number of carbonyl (C=O) groups excluding carboxylic acids is 1.